The minimum atomic E-state index is 0. The van der Waals surface area contributed by atoms with Crippen LogP contribution in [0.15, 0.2) is 4.99 Å². The highest BCUT2D eigenvalue weighted by atomic mass is 127. The first-order valence-electron chi connectivity index (χ1n) is 6.82. The number of thioether (sulfide) groups is 1. The number of aliphatic imine (C=N–C) groups is 1. The van der Waals surface area contributed by atoms with Gasteiger partial charge in [-0.3, -0.25) is 4.99 Å². The molecule has 0 spiro atoms. The molecule has 19 heavy (non-hydrogen) atoms. The fourth-order valence-corrected chi connectivity index (χ4v) is 3.52. The van der Waals surface area contributed by atoms with Gasteiger partial charge >= 0.3 is 0 Å². The Labute approximate surface area is 138 Å². The molecule has 2 fully saturated rings. The van der Waals surface area contributed by atoms with Crippen molar-refractivity contribution in [1.29, 1.82) is 0 Å². The SMILES string of the molecule is CCC1CN(C(=NC)NCC2(C)COC2)CCS1.I. The molecule has 2 aliphatic rings. The monoisotopic (exact) mass is 399 g/mol. The van der Waals surface area contributed by atoms with Crippen LogP contribution in [0.5, 0.6) is 0 Å². The van der Waals surface area contributed by atoms with E-state index in [0.29, 0.717) is 5.41 Å². The van der Waals surface area contributed by atoms with Gasteiger partial charge in [-0.2, -0.15) is 11.8 Å². The van der Waals surface area contributed by atoms with E-state index in [1.165, 1.54) is 12.2 Å². The zero-order valence-corrected chi connectivity index (χ0v) is 15.3. The van der Waals surface area contributed by atoms with E-state index in [4.69, 9.17) is 4.74 Å². The third-order valence-electron chi connectivity index (χ3n) is 3.68. The average molecular weight is 399 g/mol. The first-order chi connectivity index (χ1) is 8.67. The van der Waals surface area contributed by atoms with Gasteiger partial charge in [0.2, 0.25) is 0 Å². The van der Waals surface area contributed by atoms with Crippen molar-refractivity contribution in [2.75, 3.05) is 45.6 Å². The van der Waals surface area contributed by atoms with E-state index in [2.05, 4.69) is 40.8 Å². The molecule has 0 aliphatic carbocycles. The molecular weight excluding hydrogens is 373 g/mol. The molecule has 4 nitrogen and oxygen atoms in total. The van der Waals surface area contributed by atoms with Gasteiger partial charge in [-0.25, -0.2) is 0 Å². The first kappa shape index (κ1) is 17.4. The van der Waals surface area contributed by atoms with Crippen LogP contribution in [0.3, 0.4) is 0 Å². The van der Waals surface area contributed by atoms with Crippen LogP contribution in [0.1, 0.15) is 20.3 Å². The van der Waals surface area contributed by atoms with Crippen LogP contribution >= 0.6 is 35.7 Å². The first-order valence-corrected chi connectivity index (χ1v) is 7.87. The Morgan fingerprint density at radius 3 is 2.79 bits per heavy atom. The molecule has 6 heteroatoms. The summed E-state index contributed by atoms with van der Waals surface area (Å²) in [5, 5.41) is 4.26. The number of rotatable bonds is 3. The Balaban J connectivity index is 0.00000180. The number of nitrogens with zero attached hydrogens (tertiary/aromatic N) is 2. The maximum absolute atomic E-state index is 5.29. The Morgan fingerprint density at radius 1 is 1.53 bits per heavy atom. The van der Waals surface area contributed by atoms with E-state index in [-0.39, 0.29) is 24.0 Å². The Hall–Kier alpha value is 0.310. The van der Waals surface area contributed by atoms with E-state index in [9.17, 15) is 0 Å². The second-order valence-corrected chi connectivity index (χ2v) is 6.96. The Kier molecular flexibility index (Phi) is 7.24. The Morgan fingerprint density at radius 2 is 2.26 bits per heavy atom. The fourth-order valence-electron chi connectivity index (χ4n) is 2.34. The third-order valence-corrected chi connectivity index (χ3v) is 5.05. The zero-order chi connectivity index (χ0) is 13.0. The second kappa shape index (κ2) is 7.93. The lowest BCUT2D eigenvalue weighted by atomic mass is 9.89. The number of guanidine groups is 1. The molecular formula is C13H26IN3OS. The van der Waals surface area contributed by atoms with Gasteiger partial charge in [0.15, 0.2) is 5.96 Å². The van der Waals surface area contributed by atoms with Gasteiger partial charge in [-0.1, -0.05) is 13.8 Å². The topological polar surface area (TPSA) is 36.9 Å². The van der Waals surface area contributed by atoms with E-state index in [0.717, 1.165) is 44.1 Å². The Bertz CT molecular complexity index is 310. The minimum absolute atomic E-state index is 0. The van der Waals surface area contributed by atoms with Gasteiger partial charge < -0.3 is 15.0 Å². The molecule has 1 unspecified atom stereocenters. The standard InChI is InChI=1S/C13H25N3OS.HI/c1-4-11-7-16(5-6-18-11)12(14-3)15-8-13(2)9-17-10-13;/h11H,4-10H2,1-3H3,(H,14,15);1H. The normalized spacial score (nSPS) is 26.4. The van der Waals surface area contributed by atoms with Crippen molar-refractivity contribution in [2.24, 2.45) is 10.4 Å². The summed E-state index contributed by atoms with van der Waals surface area (Å²) >= 11 is 2.09. The number of nitrogens with one attached hydrogen (secondary N) is 1. The van der Waals surface area contributed by atoms with Crippen molar-refractivity contribution < 1.29 is 4.74 Å². The largest absolute Gasteiger partial charge is 0.380 e. The molecule has 0 bridgehead atoms. The van der Waals surface area contributed by atoms with Gasteiger partial charge in [-0.15, -0.1) is 24.0 Å². The predicted octanol–water partition coefficient (Wildman–Crippen LogP) is 2.04. The lowest BCUT2D eigenvalue weighted by Crippen LogP contribution is -2.53. The molecule has 0 amide bonds. The smallest absolute Gasteiger partial charge is 0.193 e. The molecule has 0 radical (unpaired) electrons. The van der Waals surface area contributed by atoms with Crippen LogP contribution in [0.25, 0.3) is 0 Å². The minimum Gasteiger partial charge on any atom is -0.380 e. The summed E-state index contributed by atoms with van der Waals surface area (Å²) in [6.07, 6.45) is 1.24. The quantitative estimate of drug-likeness (QED) is 0.448. The molecule has 0 aromatic rings. The van der Waals surface area contributed by atoms with Crippen LogP contribution in [-0.2, 0) is 4.74 Å². The van der Waals surface area contributed by atoms with Crippen molar-refractivity contribution >= 4 is 41.7 Å². The fraction of sp³-hybridized carbons (Fsp3) is 0.923. The maximum atomic E-state index is 5.29. The summed E-state index contributed by atoms with van der Waals surface area (Å²) in [6.45, 7) is 9.44. The molecule has 1 N–H and O–H groups in total. The number of hydrogen-bond donors (Lipinski definition) is 1. The van der Waals surface area contributed by atoms with Crippen molar-refractivity contribution in [3.63, 3.8) is 0 Å². The average Bonchev–Trinajstić information content (AvgIpc) is 2.37. The summed E-state index contributed by atoms with van der Waals surface area (Å²) in [7, 11) is 1.88. The molecule has 0 aromatic heterocycles. The second-order valence-electron chi connectivity index (χ2n) is 5.55. The molecule has 112 valence electrons. The van der Waals surface area contributed by atoms with E-state index in [1.807, 2.05) is 7.05 Å². The predicted molar refractivity (Wildman–Crippen MR) is 93.8 cm³/mol. The highest BCUT2D eigenvalue weighted by molar-refractivity contribution is 14.0. The molecule has 1 atom stereocenters. The van der Waals surface area contributed by atoms with Crippen LogP contribution < -0.4 is 5.32 Å². The molecule has 0 aromatic carbocycles. The van der Waals surface area contributed by atoms with Crippen molar-refractivity contribution in [1.82, 2.24) is 10.2 Å². The molecule has 2 aliphatic heterocycles. The van der Waals surface area contributed by atoms with Gasteiger partial charge in [0.05, 0.1) is 13.2 Å². The number of ether oxygens (including phenoxy) is 1. The maximum Gasteiger partial charge on any atom is 0.193 e. The summed E-state index contributed by atoms with van der Waals surface area (Å²) in [6, 6.07) is 0. The van der Waals surface area contributed by atoms with E-state index >= 15 is 0 Å². The molecule has 2 heterocycles. The van der Waals surface area contributed by atoms with Gasteiger partial charge in [0.1, 0.15) is 0 Å². The van der Waals surface area contributed by atoms with Gasteiger partial charge in [0, 0.05) is 43.1 Å². The van der Waals surface area contributed by atoms with Crippen LogP contribution in [0.4, 0.5) is 0 Å². The number of hydrogen-bond acceptors (Lipinski definition) is 3. The lowest BCUT2D eigenvalue weighted by Gasteiger charge is -2.40. The zero-order valence-electron chi connectivity index (χ0n) is 12.1. The summed E-state index contributed by atoms with van der Waals surface area (Å²) in [5.74, 6) is 2.27. The van der Waals surface area contributed by atoms with Crippen molar-refractivity contribution in [2.45, 2.75) is 25.5 Å². The van der Waals surface area contributed by atoms with Crippen molar-refractivity contribution in [3.05, 3.63) is 0 Å². The van der Waals surface area contributed by atoms with E-state index < -0.39 is 0 Å². The lowest BCUT2D eigenvalue weighted by molar-refractivity contribution is -0.0972. The summed E-state index contributed by atoms with van der Waals surface area (Å²) in [4.78, 5) is 6.82. The molecule has 2 saturated heterocycles. The van der Waals surface area contributed by atoms with E-state index in [1.54, 1.807) is 0 Å². The summed E-state index contributed by atoms with van der Waals surface area (Å²) < 4.78 is 5.29. The molecule has 2 rings (SSSR count). The van der Waals surface area contributed by atoms with Crippen LogP contribution in [0.2, 0.25) is 0 Å². The van der Waals surface area contributed by atoms with Gasteiger partial charge in [0.25, 0.3) is 0 Å². The highest BCUT2D eigenvalue weighted by Gasteiger charge is 2.34. The van der Waals surface area contributed by atoms with Crippen molar-refractivity contribution in [3.8, 4) is 0 Å². The molecule has 0 saturated carbocycles. The van der Waals surface area contributed by atoms with Gasteiger partial charge in [-0.05, 0) is 6.42 Å². The van der Waals surface area contributed by atoms with Crippen LogP contribution in [-0.4, -0.2) is 61.8 Å². The highest BCUT2D eigenvalue weighted by Crippen LogP contribution is 2.25. The summed E-state index contributed by atoms with van der Waals surface area (Å²) in [5.41, 5.74) is 0.296. The number of halogens is 1. The third kappa shape index (κ3) is 4.67. The van der Waals surface area contributed by atoms with Crippen LogP contribution in [0, 0.1) is 5.41 Å².